The molecule has 1 fully saturated rings. The van der Waals surface area contributed by atoms with Crippen LogP contribution in [-0.4, -0.2) is 134 Å². The molecular weight excluding hydrogens is 1140 g/mol. The number of aliphatic hydroxyl groups is 3. The molecule has 0 radical (unpaired) electrons. The van der Waals surface area contributed by atoms with Gasteiger partial charge in [0.05, 0.1) is 42.0 Å². The van der Waals surface area contributed by atoms with Crippen molar-refractivity contribution in [1.29, 1.82) is 0 Å². The number of aliphatic hydroxyl groups excluding tert-OH is 2. The summed E-state index contributed by atoms with van der Waals surface area (Å²) in [7, 11) is -0.911. The third-order valence-electron chi connectivity index (χ3n) is 17.2. The number of carbonyl (C=O) groups is 4. The van der Waals surface area contributed by atoms with Crippen molar-refractivity contribution in [2.45, 2.75) is 121 Å². The molecule has 456 valence electrons. The summed E-state index contributed by atoms with van der Waals surface area (Å²) in [5.74, 6) is -4.77. The van der Waals surface area contributed by atoms with E-state index >= 15 is 0 Å². The van der Waals surface area contributed by atoms with Gasteiger partial charge in [-0.15, -0.1) is 20.4 Å². The fourth-order valence-corrected chi connectivity index (χ4v) is 17.5. The molecule has 6 N–H and O–H groups in total. The van der Waals surface area contributed by atoms with Gasteiger partial charge in [-0.25, -0.2) is 0 Å². The van der Waals surface area contributed by atoms with Gasteiger partial charge in [-0.3, -0.25) is 19.2 Å². The molecule has 0 bridgehead atoms. The van der Waals surface area contributed by atoms with Crippen molar-refractivity contribution in [1.82, 2.24) is 40.7 Å². The molecule has 6 aromatic carbocycles. The van der Waals surface area contributed by atoms with Crippen molar-refractivity contribution >= 4 is 46.4 Å². The average Bonchev–Trinajstić information content (AvgIpc) is 0.796. The maximum absolute atomic E-state index is 14.1. The molecule has 88 heavy (non-hydrogen) atoms. The van der Waals surface area contributed by atoms with Crippen LogP contribution in [0.3, 0.4) is 0 Å². The number of amides is 1. The average molecular weight is 1210 g/mol. The number of unbranched alkanes of at least 4 members (excludes halogenated alkanes) is 6. The predicted molar refractivity (Wildman–Crippen MR) is 326 cm³/mol. The number of methoxy groups -OCH3 is 1. The van der Waals surface area contributed by atoms with Crippen molar-refractivity contribution in [3.63, 3.8) is 0 Å². The van der Waals surface area contributed by atoms with E-state index in [4.69, 9.17) is 18.9 Å². The minimum absolute atomic E-state index is 0.0461. The minimum atomic E-state index is -2.39. The number of nitrogens with one attached hydrogen (secondary N) is 1. The number of ketones is 3. The first-order chi connectivity index (χ1) is 42.7. The van der Waals surface area contributed by atoms with Crippen molar-refractivity contribution < 1.29 is 63.7 Å². The number of hydrogen-bond acceptors (Lipinski definition) is 19. The first kappa shape index (κ1) is 61.0. The number of Topliss-reactive ketones (excluding diaryl/α,β-unsaturated/α-hetero) is 1. The summed E-state index contributed by atoms with van der Waals surface area (Å²) in [6, 6.07) is 43.5. The zero-order valence-corrected chi connectivity index (χ0v) is 49.7. The summed E-state index contributed by atoms with van der Waals surface area (Å²) < 4.78 is 25.7. The number of nitrogens with zero attached hydrogens (tertiary/aromatic N) is 7. The third-order valence-corrected chi connectivity index (χ3v) is 22.2. The van der Waals surface area contributed by atoms with E-state index < -0.39 is 115 Å². The predicted octanol–water partition coefficient (Wildman–Crippen LogP) is 6.35. The molecule has 3 heterocycles. The van der Waals surface area contributed by atoms with Gasteiger partial charge in [0.25, 0.3) is 11.7 Å². The molecule has 22 heteroatoms. The Hall–Kier alpha value is -8.69. The number of phenolic OH excluding ortho intramolecular Hbond substituents is 2. The molecule has 2 aliphatic carbocycles. The van der Waals surface area contributed by atoms with Crippen LogP contribution < -0.4 is 30.7 Å². The van der Waals surface area contributed by atoms with Crippen LogP contribution in [0.1, 0.15) is 130 Å². The Morgan fingerprint density at radius 1 is 0.750 bits per heavy atom. The van der Waals surface area contributed by atoms with Gasteiger partial charge in [-0.1, -0.05) is 12.1 Å². The summed E-state index contributed by atoms with van der Waals surface area (Å²) in [4.78, 5) is 54.8. The number of carbonyl (C=O) groups excluding carboxylic acids is 4. The van der Waals surface area contributed by atoms with E-state index in [2.05, 4.69) is 127 Å². The molecule has 11 rings (SSSR count). The Morgan fingerprint density at radius 3 is 1.99 bits per heavy atom. The van der Waals surface area contributed by atoms with Crippen LogP contribution in [0.5, 0.6) is 23.0 Å². The summed E-state index contributed by atoms with van der Waals surface area (Å²) in [6.45, 7) is 1.38. The fraction of sp³-hybridized carbons (Fsp3) is 0.333. The van der Waals surface area contributed by atoms with E-state index in [-0.39, 0.29) is 46.9 Å². The maximum atomic E-state index is 14.1. The Labute approximate surface area is 508 Å². The number of aryl methyl sites for hydroxylation is 1. The second-order valence-corrected chi connectivity index (χ2v) is 26.7. The van der Waals surface area contributed by atoms with E-state index in [0.717, 1.165) is 37.7 Å². The first-order valence-corrected chi connectivity index (χ1v) is 31.8. The fourth-order valence-electron chi connectivity index (χ4n) is 12.6. The van der Waals surface area contributed by atoms with E-state index in [1.54, 1.807) is 30.5 Å². The summed E-state index contributed by atoms with van der Waals surface area (Å²) in [5.41, 5.74) is -2.84. The van der Waals surface area contributed by atoms with Crippen LogP contribution >= 0.6 is 7.26 Å². The summed E-state index contributed by atoms with van der Waals surface area (Å²) >= 11 is 0. The number of aromatic hydroxyl groups is 2. The van der Waals surface area contributed by atoms with Gasteiger partial charge in [0, 0.05) is 41.5 Å². The smallest absolute Gasteiger partial charge is 0.100 e. The van der Waals surface area contributed by atoms with Crippen molar-refractivity contribution in [3.8, 4) is 34.4 Å². The van der Waals surface area contributed by atoms with Crippen LogP contribution in [0.15, 0.2) is 140 Å². The molecule has 0 spiro atoms. The zero-order chi connectivity index (χ0) is 61.5. The Bertz CT molecular complexity index is 3710. The maximum Gasteiger partial charge on any atom is 0.100 e. The quantitative estimate of drug-likeness (QED) is 0.0218. The number of rotatable bonds is 24. The van der Waals surface area contributed by atoms with Crippen LogP contribution in [0.4, 0.5) is 0 Å². The van der Waals surface area contributed by atoms with Crippen molar-refractivity contribution in [2.75, 3.05) is 19.9 Å². The topological polar surface area (TPSA) is 301 Å². The molecule has 2 aromatic heterocycles. The summed E-state index contributed by atoms with van der Waals surface area (Å²) in [6.07, 6.45) is 4.10. The number of fused-ring (bicyclic) bond motifs is 3. The standard InChI is InChI=1S/C66H69N8O13P/c1-40-58(77)49(34-53(86-40)87-51-36-66(83,52(76)38-75)35-48-55(51)62(81)57-56(60(48)79)59(78)47-26-19-27-50(84-2)54(47)61(57)80)68-65(82)64-71-69-63(70-72-64)41-28-30-43(31-29-41)85-39-42-37-67-73-74(42)32-17-6-4-3-5-7-18-33-88(44-20-11-8-12-21-44,45-22-13-9-14-23-45)46-24-15-10-16-25-46/h8-16,19-31,37,40,49,51,53,58,75,77,79,81,83,88H,3-7,17-18,32-36,38-39H2,1-2H3,(H,68,82)/t40-,49-,51-,53-,58+,66-/m0/s1. The monoisotopic (exact) mass is 1210 g/mol. The number of aromatic nitrogens is 7. The Kier molecular flexibility index (Phi) is 18.5. The molecule has 21 nitrogen and oxygen atoms in total. The van der Waals surface area contributed by atoms with Crippen LogP contribution in [0.2, 0.25) is 0 Å². The van der Waals surface area contributed by atoms with Gasteiger partial charge in [0.2, 0.25) is 11.6 Å². The second-order valence-electron chi connectivity index (χ2n) is 22.6. The molecule has 1 aliphatic heterocycles. The van der Waals surface area contributed by atoms with Gasteiger partial charge in [-0.05, 0) is 37.3 Å². The van der Waals surface area contributed by atoms with Crippen molar-refractivity contribution in [2.24, 2.45) is 0 Å². The number of benzene rings is 6. The molecule has 6 atom stereocenters. The van der Waals surface area contributed by atoms with Crippen LogP contribution in [-0.2, 0) is 33.8 Å². The molecule has 0 unspecified atom stereocenters. The summed E-state index contributed by atoms with van der Waals surface area (Å²) in [5, 5.41) is 88.3. The van der Waals surface area contributed by atoms with E-state index in [0.29, 0.717) is 11.3 Å². The van der Waals surface area contributed by atoms with Crippen molar-refractivity contribution in [3.05, 3.63) is 185 Å². The minimum Gasteiger partial charge on any atom is -0.388 e. The van der Waals surface area contributed by atoms with Gasteiger partial charge in [-0.2, -0.15) is 0 Å². The van der Waals surface area contributed by atoms with Gasteiger partial charge in [0.1, 0.15) is 41.3 Å². The molecule has 1 saturated heterocycles. The number of ether oxygens (including phenoxy) is 4. The molecule has 8 aromatic rings. The number of phenols is 2. The van der Waals surface area contributed by atoms with E-state index in [1.807, 2.05) is 4.68 Å². The molecule has 0 saturated carbocycles. The van der Waals surface area contributed by atoms with Gasteiger partial charge < -0.3 is 49.8 Å². The Balaban J connectivity index is 0.660. The van der Waals surface area contributed by atoms with E-state index in [1.165, 1.54) is 73.8 Å². The normalized spacial score (nSPS) is 19.9. The molecule has 1 amide bonds. The Morgan fingerprint density at radius 2 is 1.36 bits per heavy atom. The largest absolute Gasteiger partial charge is 0.388 e. The molecule has 3 aliphatic rings. The van der Waals surface area contributed by atoms with Gasteiger partial charge in [0.15, 0.2) is 17.9 Å². The van der Waals surface area contributed by atoms with Crippen LogP contribution in [0.25, 0.3) is 11.4 Å². The van der Waals surface area contributed by atoms with Crippen LogP contribution in [0, 0.1) is 0 Å². The zero-order valence-electron chi connectivity index (χ0n) is 48.7. The van der Waals surface area contributed by atoms with E-state index in [9.17, 15) is 44.7 Å². The SMILES string of the molecule is COc1cccc2c1C(=O)c1c(O)c3c(c(O)c1C2=O)C[C@@](O)(C(=O)CO)C[C@@H]3O[C@H]1C[C@H](NC(=O)c2nnc(-c3ccc(OCc4cnnn4CCCCCCCCC[PH](c4ccccc4)(c4ccccc4)c4ccccc4)cc3)nn2)[C@H](O)[C@H](C)O1. The second kappa shape index (κ2) is 26.7. The third kappa shape index (κ3) is 12.3. The molecular formula is C66H69N8O13P. The first-order valence-electron chi connectivity index (χ1n) is 29.6. The number of hydrogen-bond donors (Lipinski definition) is 6. The van der Waals surface area contributed by atoms with Gasteiger partial charge >= 0.3 is 205 Å².